The zero-order valence-electron chi connectivity index (χ0n) is 15.1. The summed E-state index contributed by atoms with van der Waals surface area (Å²) in [7, 11) is 1.70. The molecule has 0 radical (unpaired) electrons. The van der Waals surface area contributed by atoms with Gasteiger partial charge in [0.15, 0.2) is 0 Å². The van der Waals surface area contributed by atoms with Crippen molar-refractivity contribution >= 4 is 16.6 Å². The minimum atomic E-state index is 0.413. The summed E-state index contributed by atoms with van der Waals surface area (Å²) in [5, 5.41) is 5.69. The highest BCUT2D eigenvalue weighted by atomic mass is 16.5. The van der Waals surface area contributed by atoms with Crippen LogP contribution in [0.1, 0.15) is 30.1 Å². The maximum Gasteiger partial charge on any atom is 0.145 e. The Balaban J connectivity index is 1.73. The van der Waals surface area contributed by atoms with Crippen LogP contribution in [0.3, 0.4) is 0 Å². The fourth-order valence-electron chi connectivity index (χ4n) is 3.78. The molecule has 2 aromatic heterocycles. The fourth-order valence-corrected chi connectivity index (χ4v) is 3.78. The number of hydrogen-bond acceptors (Lipinski definition) is 4. The Morgan fingerprint density at radius 2 is 2.12 bits per heavy atom. The first-order valence-electron chi connectivity index (χ1n) is 8.86. The number of pyridine rings is 1. The van der Waals surface area contributed by atoms with Crippen molar-refractivity contribution in [2.75, 3.05) is 25.1 Å². The Labute approximate surface area is 148 Å². The number of para-hydroxylation sites is 1. The predicted molar refractivity (Wildman–Crippen MR) is 100 cm³/mol. The monoisotopic (exact) mass is 336 g/mol. The van der Waals surface area contributed by atoms with E-state index in [0.717, 1.165) is 41.9 Å². The average molecular weight is 336 g/mol. The molecular formula is C20H24N4O. The van der Waals surface area contributed by atoms with Crippen LogP contribution in [0.15, 0.2) is 36.7 Å². The van der Waals surface area contributed by atoms with E-state index < -0.39 is 0 Å². The smallest absolute Gasteiger partial charge is 0.145 e. The highest BCUT2D eigenvalue weighted by Gasteiger charge is 2.24. The van der Waals surface area contributed by atoms with Crippen molar-refractivity contribution in [1.29, 1.82) is 0 Å². The summed E-state index contributed by atoms with van der Waals surface area (Å²) in [4.78, 5) is 7.19. The van der Waals surface area contributed by atoms with E-state index in [1.54, 1.807) is 7.11 Å². The quantitative estimate of drug-likeness (QED) is 0.727. The van der Waals surface area contributed by atoms with Crippen molar-refractivity contribution in [1.82, 2.24) is 14.8 Å². The van der Waals surface area contributed by atoms with Crippen LogP contribution >= 0.6 is 0 Å². The van der Waals surface area contributed by atoms with Gasteiger partial charge in [-0.2, -0.15) is 5.10 Å². The number of fused-ring (bicyclic) bond motifs is 1. The number of nitrogens with zero attached hydrogens (tertiary/aromatic N) is 4. The molecule has 0 saturated carbocycles. The molecule has 1 atom stereocenters. The number of methoxy groups -OCH3 is 1. The molecule has 0 bridgehead atoms. The Hall–Kier alpha value is -2.56. The van der Waals surface area contributed by atoms with E-state index in [0.29, 0.717) is 6.04 Å². The molecular weight excluding hydrogens is 312 g/mol. The molecule has 3 aromatic rings. The van der Waals surface area contributed by atoms with Gasteiger partial charge in [0.05, 0.1) is 19.3 Å². The molecule has 1 aliphatic rings. The summed E-state index contributed by atoms with van der Waals surface area (Å²) < 4.78 is 7.65. The lowest BCUT2D eigenvalue weighted by Gasteiger charge is -2.35. The molecule has 1 fully saturated rings. The molecule has 0 N–H and O–H groups in total. The van der Waals surface area contributed by atoms with Crippen molar-refractivity contribution in [3.63, 3.8) is 0 Å². The van der Waals surface area contributed by atoms with Gasteiger partial charge in [0.25, 0.3) is 0 Å². The van der Waals surface area contributed by atoms with Crippen LogP contribution in [-0.2, 0) is 0 Å². The third kappa shape index (κ3) is 2.95. The fraction of sp³-hybridized carbons (Fsp3) is 0.400. The lowest BCUT2D eigenvalue weighted by molar-refractivity contribution is 0.376. The van der Waals surface area contributed by atoms with E-state index in [1.807, 2.05) is 25.3 Å². The average Bonchev–Trinajstić information content (AvgIpc) is 3.07. The summed E-state index contributed by atoms with van der Waals surface area (Å²) in [6, 6.07) is 8.76. The van der Waals surface area contributed by atoms with E-state index in [-0.39, 0.29) is 0 Å². The van der Waals surface area contributed by atoms with Gasteiger partial charge in [-0.05, 0) is 44.4 Å². The normalized spacial score (nSPS) is 17.9. The number of hydrogen-bond donors (Lipinski definition) is 0. The number of aromatic nitrogens is 3. The van der Waals surface area contributed by atoms with Crippen LogP contribution < -0.4 is 9.64 Å². The number of anilines is 1. The molecule has 5 nitrogen and oxygen atoms in total. The van der Waals surface area contributed by atoms with Gasteiger partial charge in [-0.1, -0.05) is 12.1 Å². The first-order chi connectivity index (χ1) is 12.2. The Bertz CT molecular complexity index is 902. The molecule has 1 aromatic carbocycles. The molecule has 0 spiro atoms. The molecule has 1 unspecified atom stereocenters. The van der Waals surface area contributed by atoms with Crippen molar-refractivity contribution in [3.8, 4) is 5.75 Å². The van der Waals surface area contributed by atoms with Crippen LogP contribution in [0, 0.1) is 13.8 Å². The Morgan fingerprint density at radius 1 is 1.24 bits per heavy atom. The van der Waals surface area contributed by atoms with Gasteiger partial charge in [0, 0.05) is 36.1 Å². The highest BCUT2D eigenvalue weighted by molar-refractivity contribution is 5.95. The molecule has 4 rings (SSSR count). The third-order valence-electron chi connectivity index (χ3n) is 4.97. The van der Waals surface area contributed by atoms with E-state index in [4.69, 9.17) is 9.72 Å². The maximum absolute atomic E-state index is 5.52. The van der Waals surface area contributed by atoms with Crippen molar-refractivity contribution in [2.45, 2.75) is 32.7 Å². The number of piperidine rings is 1. The Morgan fingerprint density at radius 3 is 2.88 bits per heavy atom. The molecule has 5 heteroatoms. The molecule has 1 saturated heterocycles. The van der Waals surface area contributed by atoms with Crippen LogP contribution in [0.2, 0.25) is 0 Å². The lowest BCUT2D eigenvalue weighted by Crippen LogP contribution is -2.37. The number of ether oxygens (including phenoxy) is 1. The lowest BCUT2D eigenvalue weighted by atomic mass is 10.0. The van der Waals surface area contributed by atoms with Crippen molar-refractivity contribution < 1.29 is 4.74 Å². The predicted octanol–water partition coefficient (Wildman–Crippen LogP) is 3.90. The second kappa shape index (κ2) is 6.39. The molecule has 25 heavy (non-hydrogen) atoms. The van der Waals surface area contributed by atoms with Crippen LogP contribution in [0.4, 0.5) is 5.69 Å². The van der Waals surface area contributed by atoms with E-state index >= 15 is 0 Å². The van der Waals surface area contributed by atoms with Gasteiger partial charge >= 0.3 is 0 Å². The van der Waals surface area contributed by atoms with Gasteiger partial charge in [0.1, 0.15) is 11.3 Å². The molecule has 3 heterocycles. The first-order valence-corrected chi connectivity index (χ1v) is 8.86. The molecule has 0 amide bonds. The van der Waals surface area contributed by atoms with Crippen molar-refractivity contribution in [2.24, 2.45) is 0 Å². The molecule has 0 aliphatic carbocycles. The van der Waals surface area contributed by atoms with Gasteiger partial charge < -0.3 is 9.64 Å². The van der Waals surface area contributed by atoms with Gasteiger partial charge in [-0.3, -0.25) is 4.68 Å². The first kappa shape index (κ1) is 15.9. The van der Waals surface area contributed by atoms with E-state index in [9.17, 15) is 0 Å². The number of rotatable bonds is 3. The molecule has 130 valence electrons. The topological polar surface area (TPSA) is 43.2 Å². The van der Waals surface area contributed by atoms with Crippen LogP contribution in [-0.4, -0.2) is 35.0 Å². The maximum atomic E-state index is 5.52. The summed E-state index contributed by atoms with van der Waals surface area (Å²) >= 11 is 0. The third-order valence-corrected chi connectivity index (χ3v) is 4.97. The minimum absolute atomic E-state index is 0.413. The Kier molecular flexibility index (Phi) is 4.07. The number of benzene rings is 1. The van der Waals surface area contributed by atoms with Crippen LogP contribution in [0.25, 0.3) is 10.9 Å². The zero-order valence-corrected chi connectivity index (χ0v) is 15.1. The number of aryl methyl sites for hydroxylation is 2. The zero-order chi connectivity index (χ0) is 17.4. The van der Waals surface area contributed by atoms with Crippen LogP contribution in [0.5, 0.6) is 5.75 Å². The van der Waals surface area contributed by atoms with Gasteiger partial charge in [0.2, 0.25) is 0 Å². The van der Waals surface area contributed by atoms with Gasteiger partial charge in [-0.25, -0.2) is 4.98 Å². The summed E-state index contributed by atoms with van der Waals surface area (Å²) in [6.07, 6.45) is 6.42. The van der Waals surface area contributed by atoms with E-state index in [1.165, 1.54) is 17.7 Å². The largest absolute Gasteiger partial charge is 0.494 e. The van der Waals surface area contributed by atoms with E-state index in [2.05, 4.69) is 39.9 Å². The summed E-state index contributed by atoms with van der Waals surface area (Å²) in [6.45, 7) is 6.17. The summed E-state index contributed by atoms with van der Waals surface area (Å²) in [5.74, 6) is 0.832. The summed E-state index contributed by atoms with van der Waals surface area (Å²) in [5.41, 5.74) is 4.42. The van der Waals surface area contributed by atoms with Crippen molar-refractivity contribution in [3.05, 3.63) is 47.9 Å². The molecule has 1 aliphatic heterocycles. The minimum Gasteiger partial charge on any atom is -0.494 e. The van der Waals surface area contributed by atoms with Gasteiger partial charge in [-0.15, -0.1) is 0 Å². The standard InChI is InChI=1S/C20H24N4O/c1-14-11-21-24(12-14)16-6-5-9-23(13-16)18-10-15(2)22-20-17(18)7-4-8-19(20)25-3/h4,7-8,10-12,16H,5-6,9,13H2,1-3H3. The SMILES string of the molecule is COc1cccc2c(N3CCCC(n4cc(C)cn4)C3)cc(C)nc12. The second-order valence-corrected chi connectivity index (χ2v) is 6.88. The second-order valence-electron chi connectivity index (χ2n) is 6.88. The highest BCUT2D eigenvalue weighted by Crippen LogP contribution is 2.34.